The topological polar surface area (TPSA) is 61.4 Å². The lowest BCUT2D eigenvalue weighted by Crippen LogP contribution is -2.06. The molecule has 0 aliphatic rings. The summed E-state index contributed by atoms with van der Waals surface area (Å²) >= 11 is 1.81. The summed E-state index contributed by atoms with van der Waals surface area (Å²) in [4.78, 5) is 21.2. The molecule has 0 fully saturated rings. The standard InChI is InChI=1S/C46H28N6S/c1-5-15-29(16-6-1)43-48-44(30-17-7-2-8-18-30)50-46(49-43)52-40-34(35-25-26-36-33-23-13-14-24-38(33)53-42(36)41(35)52)27-28-37-39(40)47-45(31-19-9-3-10-20-31)51(37)32-21-11-4-12-22-32/h1-28H. The zero-order valence-electron chi connectivity index (χ0n) is 28.3. The summed E-state index contributed by atoms with van der Waals surface area (Å²) in [7, 11) is 0. The second kappa shape index (κ2) is 11.8. The highest BCUT2D eigenvalue weighted by Gasteiger charge is 2.25. The van der Waals surface area contributed by atoms with E-state index in [-0.39, 0.29) is 0 Å². The Labute approximate surface area is 307 Å². The van der Waals surface area contributed by atoms with Crippen LogP contribution in [0.5, 0.6) is 0 Å². The molecule has 6 nitrogen and oxygen atoms in total. The molecule has 0 saturated heterocycles. The normalized spacial score (nSPS) is 11.8. The second-order valence-corrected chi connectivity index (χ2v) is 14.1. The molecule has 0 spiro atoms. The molecule has 248 valence electrons. The van der Waals surface area contributed by atoms with Crippen LogP contribution in [0.25, 0.3) is 98.8 Å². The summed E-state index contributed by atoms with van der Waals surface area (Å²) in [6.45, 7) is 0. The zero-order chi connectivity index (χ0) is 34.9. The number of para-hydroxylation sites is 1. The Morgan fingerprint density at radius 3 is 1.62 bits per heavy atom. The van der Waals surface area contributed by atoms with E-state index in [2.05, 4.69) is 130 Å². The smallest absolute Gasteiger partial charge is 0.238 e. The fourth-order valence-corrected chi connectivity index (χ4v) is 8.86. The van der Waals surface area contributed by atoms with E-state index in [1.807, 2.05) is 48.5 Å². The van der Waals surface area contributed by atoms with Crippen LogP contribution in [0.2, 0.25) is 0 Å². The molecule has 0 radical (unpaired) electrons. The van der Waals surface area contributed by atoms with Gasteiger partial charge in [-0.25, -0.2) is 9.97 Å². The van der Waals surface area contributed by atoms with Gasteiger partial charge in [-0.05, 0) is 30.3 Å². The molecule has 0 atom stereocenters. The van der Waals surface area contributed by atoms with Gasteiger partial charge in [-0.1, -0.05) is 140 Å². The van der Waals surface area contributed by atoms with Crippen LogP contribution >= 0.6 is 11.3 Å². The molecule has 7 heteroatoms. The Morgan fingerprint density at radius 1 is 0.396 bits per heavy atom. The molecular formula is C46H28N6S. The van der Waals surface area contributed by atoms with Crippen LogP contribution < -0.4 is 0 Å². The largest absolute Gasteiger partial charge is 0.292 e. The first-order valence-corrected chi connectivity index (χ1v) is 18.4. The van der Waals surface area contributed by atoms with Crippen LogP contribution in [0.3, 0.4) is 0 Å². The number of benzene rings is 7. The predicted octanol–water partition coefficient (Wildman–Crippen LogP) is 11.7. The number of aromatic nitrogens is 6. The van der Waals surface area contributed by atoms with Crippen molar-refractivity contribution >= 4 is 64.3 Å². The fourth-order valence-electron chi connectivity index (χ4n) is 7.62. The van der Waals surface area contributed by atoms with Crippen molar-refractivity contribution in [3.8, 4) is 45.8 Å². The third-order valence-electron chi connectivity index (χ3n) is 9.99. The van der Waals surface area contributed by atoms with Gasteiger partial charge in [0, 0.05) is 48.6 Å². The van der Waals surface area contributed by atoms with Crippen molar-refractivity contribution in [1.82, 2.24) is 29.1 Å². The molecule has 0 unspecified atom stereocenters. The van der Waals surface area contributed by atoms with Gasteiger partial charge >= 0.3 is 0 Å². The van der Waals surface area contributed by atoms with Gasteiger partial charge < -0.3 is 0 Å². The van der Waals surface area contributed by atoms with Crippen LogP contribution in [0, 0.1) is 0 Å². The molecule has 0 saturated carbocycles. The number of nitrogens with zero attached hydrogens (tertiary/aromatic N) is 6. The summed E-state index contributed by atoms with van der Waals surface area (Å²) in [5.41, 5.74) is 7.81. The number of rotatable bonds is 5. The minimum absolute atomic E-state index is 0.547. The van der Waals surface area contributed by atoms with Gasteiger partial charge in [0.25, 0.3) is 0 Å². The Balaban J connectivity index is 1.34. The van der Waals surface area contributed by atoms with Gasteiger partial charge in [0.1, 0.15) is 11.3 Å². The van der Waals surface area contributed by atoms with Crippen molar-refractivity contribution in [3.63, 3.8) is 0 Å². The molecule has 0 aliphatic heterocycles. The SMILES string of the molecule is c1ccc(-c2nc(-c3ccccc3)nc(-n3c4c(ccc5c4nc(-c4ccccc4)n5-c4ccccc4)c4ccc5c6ccccc6sc5c43)n2)cc1. The van der Waals surface area contributed by atoms with E-state index in [1.54, 1.807) is 11.3 Å². The molecule has 0 amide bonds. The van der Waals surface area contributed by atoms with Crippen molar-refractivity contribution < 1.29 is 0 Å². The molecular weight excluding hydrogens is 669 g/mol. The Kier molecular flexibility index (Phi) is 6.62. The minimum atomic E-state index is 0.547. The van der Waals surface area contributed by atoms with Crippen molar-refractivity contribution in [1.29, 1.82) is 0 Å². The van der Waals surface area contributed by atoms with Crippen molar-refractivity contribution in [2.45, 2.75) is 0 Å². The van der Waals surface area contributed by atoms with Crippen molar-refractivity contribution in [2.75, 3.05) is 0 Å². The number of hydrogen-bond acceptors (Lipinski definition) is 5. The van der Waals surface area contributed by atoms with Crippen LogP contribution in [0.4, 0.5) is 0 Å². The average Bonchev–Trinajstić information content (AvgIpc) is 3.92. The van der Waals surface area contributed by atoms with Crippen LogP contribution in [0.1, 0.15) is 0 Å². The molecule has 7 aromatic carbocycles. The van der Waals surface area contributed by atoms with Gasteiger partial charge in [0.05, 0.1) is 21.3 Å². The van der Waals surface area contributed by atoms with Gasteiger partial charge in [0.2, 0.25) is 5.95 Å². The molecule has 53 heavy (non-hydrogen) atoms. The molecule has 4 aromatic heterocycles. The van der Waals surface area contributed by atoms with Gasteiger partial charge in [-0.3, -0.25) is 9.13 Å². The number of hydrogen-bond donors (Lipinski definition) is 0. The number of imidazole rings is 1. The van der Waals surface area contributed by atoms with Gasteiger partial charge in [0.15, 0.2) is 11.6 Å². The minimum Gasteiger partial charge on any atom is -0.292 e. The van der Waals surface area contributed by atoms with E-state index < -0.39 is 0 Å². The highest BCUT2D eigenvalue weighted by Crippen LogP contribution is 2.45. The van der Waals surface area contributed by atoms with Crippen LogP contribution in [0.15, 0.2) is 170 Å². The first-order chi connectivity index (χ1) is 26.3. The maximum absolute atomic E-state index is 5.53. The van der Waals surface area contributed by atoms with E-state index in [1.165, 1.54) is 20.2 Å². The summed E-state index contributed by atoms with van der Waals surface area (Å²) in [6, 6.07) is 58.8. The second-order valence-electron chi connectivity index (χ2n) is 13.1. The Morgan fingerprint density at radius 2 is 0.943 bits per heavy atom. The Bertz CT molecular complexity index is 3090. The average molecular weight is 697 g/mol. The van der Waals surface area contributed by atoms with E-state index in [9.17, 15) is 0 Å². The zero-order valence-corrected chi connectivity index (χ0v) is 29.1. The molecule has 11 rings (SSSR count). The maximum atomic E-state index is 5.53. The molecule has 0 N–H and O–H groups in total. The van der Waals surface area contributed by atoms with Crippen molar-refractivity contribution in [3.05, 3.63) is 170 Å². The third kappa shape index (κ3) is 4.64. The highest BCUT2D eigenvalue weighted by atomic mass is 32.1. The quantitative estimate of drug-likeness (QED) is 0.180. The lowest BCUT2D eigenvalue weighted by Gasteiger charge is -2.11. The van der Waals surface area contributed by atoms with E-state index in [0.717, 1.165) is 61.0 Å². The monoisotopic (exact) mass is 696 g/mol. The lowest BCUT2D eigenvalue weighted by atomic mass is 10.1. The summed E-state index contributed by atoms with van der Waals surface area (Å²) < 4.78 is 6.94. The fraction of sp³-hybridized carbons (Fsp3) is 0. The lowest BCUT2D eigenvalue weighted by molar-refractivity contribution is 0.956. The summed E-state index contributed by atoms with van der Waals surface area (Å²) in [5, 5.41) is 4.66. The van der Waals surface area contributed by atoms with E-state index >= 15 is 0 Å². The van der Waals surface area contributed by atoms with E-state index in [0.29, 0.717) is 17.6 Å². The first-order valence-electron chi connectivity index (χ1n) is 17.6. The molecule has 0 aliphatic carbocycles. The molecule has 11 aromatic rings. The molecule has 4 heterocycles. The summed E-state index contributed by atoms with van der Waals surface area (Å²) in [6.07, 6.45) is 0. The van der Waals surface area contributed by atoms with Crippen LogP contribution in [-0.2, 0) is 0 Å². The number of thiophene rings is 1. The summed E-state index contributed by atoms with van der Waals surface area (Å²) in [5.74, 6) is 2.64. The van der Waals surface area contributed by atoms with Gasteiger partial charge in [-0.15, -0.1) is 11.3 Å². The van der Waals surface area contributed by atoms with Gasteiger partial charge in [-0.2, -0.15) is 9.97 Å². The first kappa shape index (κ1) is 29.7. The predicted molar refractivity (Wildman–Crippen MR) is 218 cm³/mol. The van der Waals surface area contributed by atoms with Crippen LogP contribution in [-0.4, -0.2) is 29.1 Å². The third-order valence-corrected chi connectivity index (χ3v) is 11.2. The van der Waals surface area contributed by atoms with Crippen molar-refractivity contribution in [2.24, 2.45) is 0 Å². The Hall–Kier alpha value is -6.96. The number of fused-ring (bicyclic) bond motifs is 9. The van der Waals surface area contributed by atoms with E-state index in [4.69, 9.17) is 19.9 Å². The maximum Gasteiger partial charge on any atom is 0.238 e. The highest BCUT2D eigenvalue weighted by molar-refractivity contribution is 7.26. The molecule has 0 bridgehead atoms.